The molecule has 1 atom stereocenters. The minimum Gasteiger partial charge on any atom is -0.491 e. The van der Waals surface area contributed by atoms with E-state index < -0.39 is 10.0 Å². The Hall–Kier alpha value is -1.11. The van der Waals surface area contributed by atoms with Crippen LogP contribution in [0.1, 0.15) is 37.8 Å². The average Bonchev–Trinajstić information content (AvgIpc) is 2.33. The largest absolute Gasteiger partial charge is 0.491 e. The third-order valence-electron chi connectivity index (χ3n) is 3.11. The third kappa shape index (κ3) is 4.19. The summed E-state index contributed by atoms with van der Waals surface area (Å²) in [6.07, 6.45) is -0.0340. The van der Waals surface area contributed by atoms with E-state index in [0.29, 0.717) is 17.9 Å². The van der Waals surface area contributed by atoms with Gasteiger partial charge in [-0.25, -0.2) is 13.6 Å². The number of methoxy groups -OCH3 is 1. The summed E-state index contributed by atoms with van der Waals surface area (Å²) in [4.78, 5) is 0.147. The minimum atomic E-state index is -3.72. The molecule has 6 heteroatoms. The van der Waals surface area contributed by atoms with Crippen molar-refractivity contribution >= 4 is 10.0 Å². The van der Waals surface area contributed by atoms with Crippen LogP contribution in [0.25, 0.3) is 0 Å². The summed E-state index contributed by atoms with van der Waals surface area (Å²) in [5.74, 6) is 0.803. The number of nitrogens with two attached hydrogens (primary N) is 1. The molecule has 0 aliphatic rings. The Balaban J connectivity index is 3.22. The summed E-state index contributed by atoms with van der Waals surface area (Å²) in [7, 11) is -2.10. The van der Waals surface area contributed by atoms with E-state index >= 15 is 0 Å². The van der Waals surface area contributed by atoms with E-state index in [9.17, 15) is 8.42 Å². The lowest BCUT2D eigenvalue weighted by atomic mass is 10.0. The van der Waals surface area contributed by atoms with Crippen molar-refractivity contribution in [3.63, 3.8) is 0 Å². The van der Waals surface area contributed by atoms with Crippen molar-refractivity contribution in [1.29, 1.82) is 0 Å². The van der Waals surface area contributed by atoms with Gasteiger partial charge < -0.3 is 9.47 Å². The normalized spacial score (nSPS) is 13.6. The zero-order valence-electron chi connectivity index (χ0n) is 12.6. The van der Waals surface area contributed by atoms with Crippen molar-refractivity contribution < 1.29 is 17.9 Å². The molecule has 0 fully saturated rings. The van der Waals surface area contributed by atoms with Crippen LogP contribution in [0.4, 0.5) is 0 Å². The molecule has 0 aromatic heterocycles. The van der Waals surface area contributed by atoms with Gasteiger partial charge in [-0.1, -0.05) is 13.8 Å². The van der Waals surface area contributed by atoms with E-state index in [1.165, 1.54) is 0 Å². The highest BCUT2D eigenvalue weighted by Gasteiger charge is 2.18. The van der Waals surface area contributed by atoms with Crippen LogP contribution < -0.4 is 9.88 Å². The Labute approximate surface area is 121 Å². The van der Waals surface area contributed by atoms with E-state index in [1.807, 2.05) is 20.8 Å². The molecule has 1 rings (SSSR count). The number of hydrogen-bond donors (Lipinski definition) is 1. The van der Waals surface area contributed by atoms with Gasteiger partial charge >= 0.3 is 0 Å². The first kappa shape index (κ1) is 16.9. The van der Waals surface area contributed by atoms with Crippen LogP contribution in [0.3, 0.4) is 0 Å². The van der Waals surface area contributed by atoms with Crippen LogP contribution >= 0.6 is 0 Å². The minimum absolute atomic E-state index is 0.0340. The highest BCUT2D eigenvalue weighted by atomic mass is 32.2. The van der Waals surface area contributed by atoms with E-state index in [0.717, 1.165) is 5.56 Å². The van der Waals surface area contributed by atoms with Gasteiger partial charge in [-0.05, 0) is 43.0 Å². The fourth-order valence-corrected chi connectivity index (χ4v) is 2.63. The molecule has 0 saturated carbocycles. The molecular formula is C14H23NO4S. The molecule has 0 bridgehead atoms. The number of primary sulfonamides is 1. The SMILES string of the molecule is COC(C)COc1cc(C)c(S(N)(=O)=O)cc1C(C)C. The first-order valence-corrected chi connectivity index (χ1v) is 8.04. The van der Waals surface area contributed by atoms with Crippen LogP contribution in [-0.2, 0) is 14.8 Å². The molecule has 0 saturated heterocycles. The summed E-state index contributed by atoms with van der Waals surface area (Å²) in [5, 5.41) is 5.23. The second-order valence-electron chi connectivity index (χ2n) is 5.21. The molecule has 2 N–H and O–H groups in total. The maximum absolute atomic E-state index is 11.6. The molecule has 1 aromatic rings. The first-order chi connectivity index (χ1) is 9.16. The molecule has 20 heavy (non-hydrogen) atoms. The number of benzene rings is 1. The van der Waals surface area contributed by atoms with Crippen LogP contribution in [0.5, 0.6) is 5.75 Å². The van der Waals surface area contributed by atoms with Gasteiger partial charge in [0.05, 0.1) is 11.0 Å². The molecule has 114 valence electrons. The number of hydrogen-bond acceptors (Lipinski definition) is 4. The van der Waals surface area contributed by atoms with Crippen LogP contribution in [0.15, 0.2) is 17.0 Å². The summed E-state index contributed by atoms with van der Waals surface area (Å²) in [5.41, 5.74) is 1.40. The Bertz CT molecular complexity index is 567. The molecule has 1 unspecified atom stereocenters. The smallest absolute Gasteiger partial charge is 0.238 e. The number of aryl methyl sites for hydroxylation is 1. The fraction of sp³-hybridized carbons (Fsp3) is 0.571. The van der Waals surface area contributed by atoms with Gasteiger partial charge in [0.15, 0.2) is 0 Å². The van der Waals surface area contributed by atoms with Crippen molar-refractivity contribution in [3.8, 4) is 5.75 Å². The van der Waals surface area contributed by atoms with Crippen LogP contribution in [-0.4, -0.2) is 28.2 Å². The summed E-state index contributed by atoms with van der Waals surface area (Å²) in [6, 6.07) is 3.32. The highest BCUT2D eigenvalue weighted by Crippen LogP contribution is 2.31. The van der Waals surface area contributed by atoms with Crippen molar-refractivity contribution in [2.45, 2.75) is 44.6 Å². The van der Waals surface area contributed by atoms with Gasteiger partial charge in [-0.3, -0.25) is 0 Å². The van der Waals surface area contributed by atoms with E-state index in [4.69, 9.17) is 14.6 Å². The van der Waals surface area contributed by atoms with Crippen molar-refractivity contribution in [3.05, 3.63) is 23.3 Å². The van der Waals surface area contributed by atoms with Gasteiger partial charge in [0.2, 0.25) is 10.0 Å². The Morgan fingerprint density at radius 1 is 1.25 bits per heavy atom. The summed E-state index contributed by atoms with van der Waals surface area (Å²) in [6.45, 7) is 7.97. The molecule has 0 radical (unpaired) electrons. The van der Waals surface area contributed by atoms with Crippen LogP contribution in [0, 0.1) is 6.92 Å². The van der Waals surface area contributed by atoms with Gasteiger partial charge in [0.25, 0.3) is 0 Å². The van der Waals surface area contributed by atoms with E-state index in [1.54, 1.807) is 26.2 Å². The lowest BCUT2D eigenvalue weighted by Crippen LogP contribution is -2.18. The highest BCUT2D eigenvalue weighted by molar-refractivity contribution is 7.89. The summed E-state index contributed by atoms with van der Waals surface area (Å²) >= 11 is 0. The number of rotatable bonds is 6. The Morgan fingerprint density at radius 2 is 1.85 bits per heavy atom. The Kier molecular flexibility index (Phi) is 5.56. The molecule has 0 aliphatic heterocycles. The first-order valence-electron chi connectivity index (χ1n) is 6.49. The van der Waals surface area contributed by atoms with Crippen LogP contribution in [0.2, 0.25) is 0 Å². The fourth-order valence-electron chi connectivity index (χ4n) is 1.84. The second-order valence-corrected chi connectivity index (χ2v) is 6.74. The maximum atomic E-state index is 11.6. The quantitative estimate of drug-likeness (QED) is 0.873. The third-order valence-corrected chi connectivity index (χ3v) is 4.16. The van der Waals surface area contributed by atoms with Crippen molar-refractivity contribution in [2.75, 3.05) is 13.7 Å². The van der Waals surface area contributed by atoms with Gasteiger partial charge in [0.1, 0.15) is 12.4 Å². The van der Waals surface area contributed by atoms with Gasteiger partial charge in [0, 0.05) is 7.11 Å². The predicted molar refractivity (Wildman–Crippen MR) is 78.6 cm³/mol. The van der Waals surface area contributed by atoms with Gasteiger partial charge in [-0.2, -0.15) is 0 Å². The van der Waals surface area contributed by atoms with Crippen molar-refractivity contribution in [1.82, 2.24) is 0 Å². The summed E-state index contributed by atoms with van der Waals surface area (Å²) < 4.78 is 34.0. The molecule has 0 heterocycles. The lowest BCUT2D eigenvalue weighted by molar-refractivity contribution is 0.0711. The molecule has 0 spiro atoms. The average molecular weight is 301 g/mol. The molecule has 1 aromatic carbocycles. The number of sulfonamides is 1. The maximum Gasteiger partial charge on any atom is 0.238 e. The Morgan fingerprint density at radius 3 is 2.30 bits per heavy atom. The van der Waals surface area contributed by atoms with E-state index in [2.05, 4.69) is 0 Å². The molecular weight excluding hydrogens is 278 g/mol. The topological polar surface area (TPSA) is 78.6 Å². The zero-order chi connectivity index (χ0) is 15.5. The monoisotopic (exact) mass is 301 g/mol. The molecule has 0 aliphatic carbocycles. The van der Waals surface area contributed by atoms with E-state index in [-0.39, 0.29) is 16.9 Å². The zero-order valence-corrected chi connectivity index (χ0v) is 13.5. The second kappa shape index (κ2) is 6.56. The number of ether oxygens (including phenoxy) is 2. The predicted octanol–water partition coefficient (Wildman–Crippen LogP) is 2.18. The molecule has 5 nitrogen and oxygen atoms in total. The van der Waals surface area contributed by atoms with Gasteiger partial charge in [-0.15, -0.1) is 0 Å². The van der Waals surface area contributed by atoms with Crippen molar-refractivity contribution in [2.24, 2.45) is 5.14 Å². The standard InChI is InChI=1S/C14H23NO4S/c1-9(2)12-7-14(20(15,16)17)10(3)6-13(12)19-8-11(4)18-5/h6-7,9,11H,8H2,1-5H3,(H2,15,16,17). The molecule has 0 amide bonds. The lowest BCUT2D eigenvalue weighted by Gasteiger charge is -2.18.